The smallest absolute Gasteiger partial charge is 0.243 e. The number of rotatable bonds is 4. The highest BCUT2D eigenvalue weighted by molar-refractivity contribution is 7.89. The van der Waals surface area contributed by atoms with E-state index in [-0.39, 0.29) is 4.90 Å². The molecule has 28 heavy (non-hydrogen) atoms. The Morgan fingerprint density at radius 2 is 1.54 bits per heavy atom. The second-order valence-electron chi connectivity index (χ2n) is 6.68. The summed E-state index contributed by atoms with van der Waals surface area (Å²) in [5.74, 6) is 1.69. The number of hydrogen-bond acceptors (Lipinski definition) is 7. The SMILES string of the molecule is O=S(=O)(c1cccc(Cl)c1)N1CCN(c2cc(N3CCOCC3)ncn2)CC1. The van der Waals surface area contributed by atoms with E-state index >= 15 is 0 Å². The van der Waals surface area contributed by atoms with Crippen molar-refractivity contribution in [3.63, 3.8) is 0 Å². The summed E-state index contributed by atoms with van der Waals surface area (Å²) in [4.78, 5) is 13.3. The molecule has 4 rings (SSSR count). The highest BCUT2D eigenvalue weighted by atomic mass is 35.5. The molecule has 2 fully saturated rings. The van der Waals surface area contributed by atoms with Crippen molar-refractivity contribution in [1.82, 2.24) is 14.3 Å². The minimum Gasteiger partial charge on any atom is -0.378 e. The molecule has 0 atom stereocenters. The Balaban J connectivity index is 1.44. The van der Waals surface area contributed by atoms with Gasteiger partial charge in [0.15, 0.2) is 0 Å². The number of benzene rings is 1. The summed E-state index contributed by atoms with van der Waals surface area (Å²) in [5.41, 5.74) is 0. The van der Waals surface area contributed by atoms with Crippen LogP contribution in [-0.4, -0.2) is 75.2 Å². The van der Waals surface area contributed by atoms with Gasteiger partial charge in [0.2, 0.25) is 10.0 Å². The first kappa shape index (κ1) is 19.4. The lowest BCUT2D eigenvalue weighted by atomic mass is 10.3. The zero-order valence-electron chi connectivity index (χ0n) is 15.4. The van der Waals surface area contributed by atoms with Crippen molar-refractivity contribution in [1.29, 1.82) is 0 Å². The fourth-order valence-corrected chi connectivity index (χ4v) is 5.13. The first-order valence-corrected chi connectivity index (χ1v) is 11.0. The van der Waals surface area contributed by atoms with Crippen molar-refractivity contribution in [2.45, 2.75) is 4.90 Å². The van der Waals surface area contributed by atoms with Gasteiger partial charge in [0.05, 0.1) is 18.1 Å². The summed E-state index contributed by atoms with van der Waals surface area (Å²) in [5, 5.41) is 0.413. The second-order valence-corrected chi connectivity index (χ2v) is 9.06. The molecule has 0 radical (unpaired) electrons. The Kier molecular flexibility index (Phi) is 5.68. The predicted molar refractivity (Wildman–Crippen MR) is 107 cm³/mol. The van der Waals surface area contributed by atoms with Gasteiger partial charge in [-0.15, -0.1) is 0 Å². The Hall–Kier alpha value is -1.94. The van der Waals surface area contributed by atoms with Crippen LogP contribution in [0.2, 0.25) is 5.02 Å². The molecule has 1 aromatic heterocycles. The number of aromatic nitrogens is 2. The number of piperazine rings is 1. The van der Waals surface area contributed by atoms with E-state index in [2.05, 4.69) is 19.8 Å². The van der Waals surface area contributed by atoms with Crippen LogP contribution in [0.25, 0.3) is 0 Å². The fourth-order valence-electron chi connectivity index (χ4n) is 3.41. The molecule has 0 saturated carbocycles. The Bertz CT molecular complexity index is 928. The van der Waals surface area contributed by atoms with Crippen molar-refractivity contribution in [3.05, 3.63) is 41.7 Å². The molecule has 0 aliphatic carbocycles. The van der Waals surface area contributed by atoms with E-state index in [0.717, 1.165) is 24.7 Å². The number of ether oxygens (including phenoxy) is 1. The van der Waals surface area contributed by atoms with Crippen LogP contribution in [-0.2, 0) is 14.8 Å². The molecule has 150 valence electrons. The largest absolute Gasteiger partial charge is 0.378 e. The third-order valence-electron chi connectivity index (χ3n) is 4.97. The highest BCUT2D eigenvalue weighted by Gasteiger charge is 2.29. The molecule has 2 aromatic rings. The molecular weight excluding hydrogens is 402 g/mol. The molecule has 0 unspecified atom stereocenters. The number of halogens is 1. The van der Waals surface area contributed by atoms with Crippen LogP contribution in [0.3, 0.4) is 0 Å². The van der Waals surface area contributed by atoms with Gasteiger partial charge >= 0.3 is 0 Å². The summed E-state index contributed by atoms with van der Waals surface area (Å²) in [6.07, 6.45) is 1.56. The van der Waals surface area contributed by atoms with Gasteiger partial charge in [-0.3, -0.25) is 0 Å². The van der Waals surface area contributed by atoms with Crippen LogP contribution < -0.4 is 9.80 Å². The molecule has 2 aliphatic heterocycles. The molecule has 0 N–H and O–H groups in total. The van der Waals surface area contributed by atoms with Crippen LogP contribution in [0.4, 0.5) is 11.6 Å². The van der Waals surface area contributed by atoms with Crippen molar-refractivity contribution in [3.8, 4) is 0 Å². The van der Waals surface area contributed by atoms with Gasteiger partial charge in [-0.1, -0.05) is 17.7 Å². The lowest BCUT2D eigenvalue weighted by Crippen LogP contribution is -2.49. The third kappa shape index (κ3) is 4.07. The summed E-state index contributed by atoms with van der Waals surface area (Å²) >= 11 is 5.95. The molecule has 2 saturated heterocycles. The van der Waals surface area contributed by atoms with Gasteiger partial charge in [-0.2, -0.15) is 4.31 Å². The van der Waals surface area contributed by atoms with Gasteiger partial charge in [0.25, 0.3) is 0 Å². The molecule has 2 aliphatic rings. The summed E-state index contributed by atoms with van der Waals surface area (Å²) in [6.45, 7) is 4.93. The summed E-state index contributed by atoms with van der Waals surface area (Å²) < 4.78 is 32.6. The van der Waals surface area contributed by atoms with Gasteiger partial charge in [0, 0.05) is 50.4 Å². The Morgan fingerprint density at radius 1 is 0.893 bits per heavy atom. The number of nitrogens with zero attached hydrogens (tertiary/aromatic N) is 5. The number of morpholine rings is 1. The molecule has 3 heterocycles. The molecule has 1 aromatic carbocycles. The van der Waals surface area contributed by atoms with E-state index in [1.165, 1.54) is 10.4 Å². The van der Waals surface area contributed by atoms with Gasteiger partial charge in [0.1, 0.15) is 18.0 Å². The molecule has 8 nitrogen and oxygen atoms in total. The van der Waals surface area contributed by atoms with E-state index in [4.69, 9.17) is 16.3 Å². The third-order valence-corrected chi connectivity index (χ3v) is 7.10. The lowest BCUT2D eigenvalue weighted by molar-refractivity contribution is 0.122. The topological polar surface area (TPSA) is 78.9 Å². The predicted octanol–water partition coefficient (Wildman–Crippen LogP) is 1.48. The molecular formula is C18H22ClN5O3S. The van der Waals surface area contributed by atoms with Crippen LogP contribution in [0, 0.1) is 0 Å². The van der Waals surface area contributed by atoms with Gasteiger partial charge < -0.3 is 14.5 Å². The standard InChI is InChI=1S/C18H22ClN5O3S/c19-15-2-1-3-16(12-15)28(25,26)24-6-4-22(5-7-24)17-13-18(21-14-20-17)23-8-10-27-11-9-23/h1-3,12-14H,4-11H2. The van der Waals surface area contributed by atoms with Gasteiger partial charge in [-0.05, 0) is 18.2 Å². The van der Waals surface area contributed by atoms with Gasteiger partial charge in [-0.25, -0.2) is 18.4 Å². The maximum Gasteiger partial charge on any atom is 0.243 e. The van der Waals surface area contributed by atoms with Crippen molar-refractivity contribution in [2.75, 3.05) is 62.3 Å². The maximum absolute atomic E-state index is 12.8. The van der Waals surface area contributed by atoms with E-state index in [1.54, 1.807) is 24.5 Å². The molecule has 0 bridgehead atoms. The minimum atomic E-state index is -3.55. The van der Waals surface area contributed by atoms with Crippen molar-refractivity contribution >= 4 is 33.3 Å². The molecule has 10 heteroatoms. The normalized spacial score (nSPS) is 19.0. The summed E-state index contributed by atoms with van der Waals surface area (Å²) in [7, 11) is -3.55. The monoisotopic (exact) mass is 423 g/mol. The van der Waals surface area contributed by atoms with Crippen molar-refractivity contribution in [2.24, 2.45) is 0 Å². The highest BCUT2D eigenvalue weighted by Crippen LogP contribution is 2.23. The van der Waals surface area contributed by atoms with Crippen LogP contribution >= 0.6 is 11.6 Å². The van der Waals surface area contributed by atoms with E-state index in [1.807, 2.05) is 6.07 Å². The van der Waals surface area contributed by atoms with Crippen LogP contribution in [0.1, 0.15) is 0 Å². The zero-order valence-corrected chi connectivity index (χ0v) is 16.9. The number of anilines is 2. The Labute approximate surface area is 169 Å². The zero-order chi connectivity index (χ0) is 19.6. The quantitative estimate of drug-likeness (QED) is 0.736. The fraction of sp³-hybridized carbons (Fsp3) is 0.444. The lowest BCUT2D eigenvalue weighted by Gasteiger charge is -2.35. The number of hydrogen-bond donors (Lipinski definition) is 0. The number of sulfonamides is 1. The molecule has 0 amide bonds. The molecule has 0 spiro atoms. The minimum absolute atomic E-state index is 0.227. The summed E-state index contributed by atoms with van der Waals surface area (Å²) in [6, 6.07) is 8.35. The second kappa shape index (κ2) is 8.20. The average molecular weight is 424 g/mol. The maximum atomic E-state index is 12.8. The van der Waals surface area contributed by atoms with Crippen LogP contribution in [0.5, 0.6) is 0 Å². The van der Waals surface area contributed by atoms with Crippen molar-refractivity contribution < 1.29 is 13.2 Å². The Morgan fingerprint density at radius 3 is 2.18 bits per heavy atom. The van der Waals surface area contributed by atoms with Crippen LogP contribution in [0.15, 0.2) is 41.6 Å². The first-order chi connectivity index (χ1) is 13.5. The van der Waals surface area contributed by atoms with E-state index in [9.17, 15) is 8.42 Å². The first-order valence-electron chi connectivity index (χ1n) is 9.19. The van der Waals surface area contributed by atoms with E-state index < -0.39 is 10.0 Å². The van der Waals surface area contributed by atoms with E-state index in [0.29, 0.717) is 44.4 Å². The average Bonchev–Trinajstić information content (AvgIpc) is 2.74.